The lowest BCUT2D eigenvalue weighted by Crippen LogP contribution is -2.21. The molecule has 3 aromatic heterocycles. The van der Waals surface area contributed by atoms with Gasteiger partial charge in [0.1, 0.15) is 17.3 Å². The largest absolute Gasteiger partial charge is 0.445 e. The molecule has 0 spiro atoms. The molecule has 4 heterocycles. The van der Waals surface area contributed by atoms with Gasteiger partial charge in [0.25, 0.3) is 0 Å². The molecular formula is C21H19N5O2. The Morgan fingerprint density at radius 3 is 2.96 bits per heavy atom. The van der Waals surface area contributed by atoms with Crippen LogP contribution in [-0.2, 0) is 11.2 Å². The molecule has 1 unspecified atom stereocenters. The van der Waals surface area contributed by atoms with E-state index in [0.717, 1.165) is 47.2 Å². The average molecular weight is 373 g/mol. The predicted octanol–water partition coefficient (Wildman–Crippen LogP) is 4.16. The van der Waals surface area contributed by atoms with Crippen molar-refractivity contribution in [3.05, 3.63) is 60.1 Å². The van der Waals surface area contributed by atoms with Crippen LogP contribution in [0, 0.1) is 0 Å². The van der Waals surface area contributed by atoms with Crippen molar-refractivity contribution in [3.8, 4) is 11.3 Å². The standard InChI is InChI=1S/C21H19N5O2/c27-21-24-17-12-18-20(19(26-25-18)14-6-8-22-9-7-14)23-16(17)11-15(28-21)10-13-4-2-1-3-5-13/h1-2,4,6-9,12,15H,3,5,10-11H2,(H,24,27)(H,25,26). The molecule has 28 heavy (non-hydrogen) atoms. The first-order valence-electron chi connectivity index (χ1n) is 9.37. The normalized spacial score (nSPS) is 18.8. The molecule has 140 valence electrons. The Morgan fingerprint density at radius 1 is 1.25 bits per heavy atom. The van der Waals surface area contributed by atoms with Crippen LogP contribution in [0.4, 0.5) is 10.5 Å². The minimum atomic E-state index is -0.439. The van der Waals surface area contributed by atoms with Crippen LogP contribution in [-0.4, -0.2) is 32.4 Å². The van der Waals surface area contributed by atoms with E-state index in [1.54, 1.807) is 12.4 Å². The van der Waals surface area contributed by atoms with Gasteiger partial charge >= 0.3 is 6.09 Å². The molecule has 1 amide bonds. The van der Waals surface area contributed by atoms with Crippen LogP contribution in [0.1, 0.15) is 25.0 Å². The zero-order chi connectivity index (χ0) is 18.9. The molecule has 5 rings (SSSR count). The summed E-state index contributed by atoms with van der Waals surface area (Å²) in [6.07, 6.45) is 12.4. The lowest BCUT2D eigenvalue weighted by molar-refractivity contribution is 0.112. The number of carbonyl (C=O) groups excluding carboxylic acids is 1. The fourth-order valence-corrected chi connectivity index (χ4v) is 3.74. The molecular weight excluding hydrogens is 354 g/mol. The molecule has 3 aromatic rings. The lowest BCUT2D eigenvalue weighted by atomic mass is 9.97. The molecule has 1 aliphatic carbocycles. The molecule has 0 saturated carbocycles. The van der Waals surface area contributed by atoms with Gasteiger partial charge < -0.3 is 4.74 Å². The van der Waals surface area contributed by atoms with Crippen LogP contribution in [0.15, 0.2) is 54.4 Å². The summed E-state index contributed by atoms with van der Waals surface area (Å²) in [5.74, 6) is 0. The first kappa shape index (κ1) is 16.7. The van der Waals surface area contributed by atoms with Gasteiger partial charge in [-0.1, -0.05) is 23.8 Å². The molecule has 0 aromatic carbocycles. The number of carbonyl (C=O) groups is 1. The summed E-state index contributed by atoms with van der Waals surface area (Å²) in [6, 6.07) is 5.68. The van der Waals surface area contributed by atoms with E-state index >= 15 is 0 Å². The Bertz CT molecular complexity index is 1100. The Labute approximate surface area is 161 Å². The van der Waals surface area contributed by atoms with Gasteiger partial charge in [0, 0.05) is 30.8 Å². The fourth-order valence-electron chi connectivity index (χ4n) is 3.74. The third kappa shape index (κ3) is 3.15. The van der Waals surface area contributed by atoms with Crippen LogP contribution < -0.4 is 5.32 Å². The molecule has 0 bridgehead atoms. The lowest BCUT2D eigenvalue weighted by Gasteiger charge is -2.17. The highest BCUT2D eigenvalue weighted by Crippen LogP contribution is 2.31. The number of pyridine rings is 2. The number of allylic oxidation sites excluding steroid dienone is 3. The molecule has 0 saturated heterocycles. The van der Waals surface area contributed by atoms with Crippen molar-refractivity contribution in [2.24, 2.45) is 0 Å². The van der Waals surface area contributed by atoms with Gasteiger partial charge in [0.05, 0.1) is 16.9 Å². The van der Waals surface area contributed by atoms with Crippen molar-refractivity contribution < 1.29 is 9.53 Å². The maximum atomic E-state index is 12.2. The number of nitrogens with one attached hydrogen (secondary N) is 2. The number of nitrogens with zero attached hydrogens (tertiary/aromatic N) is 3. The zero-order valence-corrected chi connectivity index (χ0v) is 15.2. The predicted molar refractivity (Wildman–Crippen MR) is 106 cm³/mol. The van der Waals surface area contributed by atoms with Crippen LogP contribution in [0.3, 0.4) is 0 Å². The molecule has 2 aliphatic rings. The molecule has 0 radical (unpaired) electrons. The van der Waals surface area contributed by atoms with E-state index in [2.05, 4.69) is 38.7 Å². The number of ether oxygens (including phenoxy) is 1. The monoisotopic (exact) mass is 373 g/mol. The number of rotatable bonds is 3. The number of H-pyrrole nitrogens is 1. The second-order valence-corrected chi connectivity index (χ2v) is 7.04. The first-order chi connectivity index (χ1) is 13.8. The van der Waals surface area contributed by atoms with Crippen LogP contribution in [0.25, 0.3) is 22.3 Å². The summed E-state index contributed by atoms with van der Waals surface area (Å²) in [6.45, 7) is 0. The number of cyclic esters (lactones) is 1. The third-order valence-electron chi connectivity index (χ3n) is 5.09. The Balaban J connectivity index is 1.52. The van der Waals surface area contributed by atoms with Gasteiger partial charge in [-0.3, -0.25) is 15.4 Å². The second kappa shape index (κ2) is 6.92. The van der Waals surface area contributed by atoms with Crippen molar-refractivity contribution in [2.75, 3.05) is 5.32 Å². The van der Waals surface area contributed by atoms with Crippen LogP contribution in [0.5, 0.6) is 0 Å². The van der Waals surface area contributed by atoms with E-state index in [4.69, 9.17) is 9.72 Å². The van der Waals surface area contributed by atoms with Crippen molar-refractivity contribution in [2.45, 2.75) is 31.8 Å². The summed E-state index contributed by atoms with van der Waals surface area (Å²) in [5.41, 5.74) is 6.04. The number of hydrogen-bond donors (Lipinski definition) is 2. The molecule has 0 fully saturated rings. The topological polar surface area (TPSA) is 92.8 Å². The van der Waals surface area contributed by atoms with Gasteiger partial charge in [-0.05, 0) is 31.0 Å². The van der Waals surface area contributed by atoms with Gasteiger partial charge in [-0.15, -0.1) is 0 Å². The number of anilines is 1. The average Bonchev–Trinajstić information content (AvgIpc) is 3.05. The highest BCUT2D eigenvalue weighted by Gasteiger charge is 2.26. The van der Waals surface area contributed by atoms with Crippen LogP contribution in [0.2, 0.25) is 0 Å². The summed E-state index contributed by atoms with van der Waals surface area (Å²) in [4.78, 5) is 21.1. The summed E-state index contributed by atoms with van der Waals surface area (Å²) >= 11 is 0. The second-order valence-electron chi connectivity index (χ2n) is 7.04. The van der Waals surface area contributed by atoms with Crippen molar-refractivity contribution in [1.29, 1.82) is 0 Å². The molecule has 7 nitrogen and oxygen atoms in total. The quantitative estimate of drug-likeness (QED) is 0.719. The smallest absolute Gasteiger partial charge is 0.411 e. The number of hydrogen-bond acceptors (Lipinski definition) is 5. The highest BCUT2D eigenvalue weighted by molar-refractivity contribution is 5.94. The minimum Gasteiger partial charge on any atom is -0.445 e. The maximum absolute atomic E-state index is 12.2. The zero-order valence-electron chi connectivity index (χ0n) is 15.2. The molecule has 7 heteroatoms. The maximum Gasteiger partial charge on any atom is 0.411 e. The fraction of sp³-hybridized carbons (Fsp3) is 0.238. The molecule has 2 N–H and O–H groups in total. The van der Waals surface area contributed by atoms with Crippen LogP contribution >= 0.6 is 0 Å². The van der Waals surface area contributed by atoms with E-state index in [9.17, 15) is 4.79 Å². The Hall–Kier alpha value is -3.48. The highest BCUT2D eigenvalue weighted by atomic mass is 16.6. The van der Waals surface area contributed by atoms with Gasteiger partial charge in [-0.25, -0.2) is 9.78 Å². The number of aromatic nitrogens is 4. The minimum absolute atomic E-state index is 0.236. The third-order valence-corrected chi connectivity index (χ3v) is 5.09. The number of aromatic amines is 1. The summed E-state index contributed by atoms with van der Waals surface area (Å²) in [7, 11) is 0. The molecule has 1 aliphatic heterocycles. The van der Waals surface area contributed by atoms with E-state index in [0.29, 0.717) is 12.1 Å². The van der Waals surface area contributed by atoms with Crippen molar-refractivity contribution in [3.63, 3.8) is 0 Å². The number of fused-ring (bicyclic) bond motifs is 2. The Kier molecular flexibility index (Phi) is 4.12. The summed E-state index contributed by atoms with van der Waals surface area (Å²) < 4.78 is 5.63. The summed E-state index contributed by atoms with van der Waals surface area (Å²) in [5, 5.41) is 10.2. The first-order valence-corrected chi connectivity index (χ1v) is 9.37. The van der Waals surface area contributed by atoms with Gasteiger partial charge in [-0.2, -0.15) is 5.10 Å². The van der Waals surface area contributed by atoms with Crippen molar-refractivity contribution >= 4 is 22.8 Å². The van der Waals surface area contributed by atoms with Crippen molar-refractivity contribution in [1.82, 2.24) is 20.2 Å². The SMILES string of the molecule is O=C1Nc2cc3[nH]nc(-c4ccncc4)c3nc2CC(CC2=CC=CCC2)O1. The Morgan fingerprint density at radius 2 is 2.14 bits per heavy atom. The van der Waals surface area contributed by atoms with E-state index in [1.807, 2.05) is 18.2 Å². The van der Waals surface area contributed by atoms with E-state index in [-0.39, 0.29) is 6.10 Å². The van der Waals surface area contributed by atoms with Gasteiger partial charge in [0.2, 0.25) is 0 Å². The van der Waals surface area contributed by atoms with E-state index < -0.39 is 6.09 Å². The molecule has 1 atom stereocenters. The van der Waals surface area contributed by atoms with E-state index in [1.165, 1.54) is 5.57 Å². The van der Waals surface area contributed by atoms with Gasteiger partial charge in [0.15, 0.2) is 0 Å². The number of amides is 1.